The van der Waals surface area contributed by atoms with Crippen molar-refractivity contribution in [1.82, 2.24) is 24.6 Å². The Bertz CT molecular complexity index is 370. The van der Waals surface area contributed by atoms with Crippen LogP contribution in [0.3, 0.4) is 0 Å². The molecular formula is C13H23N5S2. The molecule has 0 amide bonds. The number of thioether (sulfide) groups is 2. The van der Waals surface area contributed by atoms with E-state index in [0.29, 0.717) is 0 Å². The highest BCUT2D eigenvalue weighted by atomic mass is 32.2. The van der Waals surface area contributed by atoms with E-state index in [0.717, 1.165) is 19.1 Å². The molecule has 0 unspecified atom stereocenters. The highest BCUT2D eigenvalue weighted by Gasteiger charge is 2.24. The van der Waals surface area contributed by atoms with Crippen LogP contribution in [-0.4, -0.2) is 86.3 Å². The smallest absolute Gasteiger partial charge is 0.137 e. The lowest BCUT2D eigenvalue weighted by molar-refractivity contribution is 0.108. The molecule has 5 nitrogen and oxygen atoms in total. The normalized spacial score (nSPS) is 23.8. The summed E-state index contributed by atoms with van der Waals surface area (Å²) in [4.78, 5) is 9.24. The quantitative estimate of drug-likeness (QED) is 0.816. The van der Waals surface area contributed by atoms with Crippen molar-refractivity contribution in [1.29, 1.82) is 0 Å². The summed E-state index contributed by atoms with van der Waals surface area (Å²) < 4.78 is 1.92. The second-order valence-corrected chi connectivity index (χ2v) is 7.64. The maximum atomic E-state index is 4.16. The maximum absolute atomic E-state index is 4.16. The lowest BCUT2D eigenvalue weighted by Crippen LogP contribution is -2.52. The molecule has 2 aliphatic heterocycles. The Morgan fingerprint density at radius 3 is 2.40 bits per heavy atom. The Hall–Kier alpha value is -0.240. The minimum Gasteiger partial charge on any atom is -0.299 e. The number of piperazine rings is 1. The van der Waals surface area contributed by atoms with E-state index in [1.807, 2.05) is 4.68 Å². The van der Waals surface area contributed by atoms with Crippen molar-refractivity contribution in [2.24, 2.45) is 0 Å². The molecule has 20 heavy (non-hydrogen) atoms. The molecule has 2 saturated heterocycles. The molecule has 0 saturated carbocycles. The predicted octanol–water partition coefficient (Wildman–Crippen LogP) is 0.744. The summed E-state index contributed by atoms with van der Waals surface area (Å²) in [5.41, 5.74) is 0. The van der Waals surface area contributed by atoms with Crippen LogP contribution < -0.4 is 0 Å². The van der Waals surface area contributed by atoms with Gasteiger partial charge in [0.1, 0.15) is 12.7 Å². The van der Waals surface area contributed by atoms with Gasteiger partial charge < -0.3 is 0 Å². The molecule has 112 valence electrons. The molecule has 0 aliphatic carbocycles. The molecule has 7 heteroatoms. The zero-order valence-electron chi connectivity index (χ0n) is 11.9. The monoisotopic (exact) mass is 313 g/mol. The van der Waals surface area contributed by atoms with Gasteiger partial charge in [-0.25, -0.2) is 4.98 Å². The van der Waals surface area contributed by atoms with E-state index >= 15 is 0 Å². The van der Waals surface area contributed by atoms with E-state index in [4.69, 9.17) is 0 Å². The summed E-state index contributed by atoms with van der Waals surface area (Å²) in [5, 5.41) is 4.16. The summed E-state index contributed by atoms with van der Waals surface area (Å²) in [6.45, 7) is 6.88. The van der Waals surface area contributed by atoms with Gasteiger partial charge in [0.15, 0.2) is 0 Å². The summed E-state index contributed by atoms with van der Waals surface area (Å²) in [6, 6.07) is 0.796. The van der Waals surface area contributed by atoms with Gasteiger partial charge in [-0.1, -0.05) is 0 Å². The van der Waals surface area contributed by atoms with Gasteiger partial charge in [0.25, 0.3) is 0 Å². The largest absolute Gasteiger partial charge is 0.299 e. The zero-order valence-corrected chi connectivity index (χ0v) is 13.5. The van der Waals surface area contributed by atoms with Crippen LogP contribution in [0.4, 0.5) is 0 Å². The minimum absolute atomic E-state index is 0.796. The number of rotatable bonds is 4. The second-order valence-electron chi connectivity index (χ2n) is 5.34. The van der Waals surface area contributed by atoms with Crippen molar-refractivity contribution in [2.75, 3.05) is 55.7 Å². The summed E-state index contributed by atoms with van der Waals surface area (Å²) in [7, 11) is 0. The van der Waals surface area contributed by atoms with Crippen molar-refractivity contribution in [2.45, 2.75) is 12.6 Å². The van der Waals surface area contributed by atoms with E-state index in [1.54, 1.807) is 12.7 Å². The van der Waals surface area contributed by atoms with Crippen molar-refractivity contribution < 1.29 is 0 Å². The molecule has 0 atom stereocenters. The van der Waals surface area contributed by atoms with Crippen LogP contribution in [0.1, 0.15) is 0 Å². The van der Waals surface area contributed by atoms with E-state index in [9.17, 15) is 0 Å². The first kappa shape index (κ1) is 14.7. The zero-order chi connectivity index (χ0) is 13.6. The van der Waals surface area contributed by atoms with Gasteiger partial charge in [0.2, 0.25) is 0 Å². The van der Waals surface area contributed by atoms with Gasteiger partial charge in [-0.3, -0.25) is 14.5 Å². The first-order chi connectivity index (χ1) is 9.92. The summed E-state index contributed by atoms with van der Waals surface area (Å²) in [5.74, 6) is 5.32. The minimum atomic E-state index is 0.796. The second kappa shape index (κ2) is 7.68. The Balaban J connectivity index is 1.40. The molecule has 3 heterocycles. The first-order valence-corrected chi connectivity index (χ1v) is 9.67. The van der Waals surface area contributed by atoms with E-state index in [2.05, 4.69) is 43.4 Å². The summed E-state index contributed by atoms with van der Waals surface area (Å²) >= 11 is 4.26. The van der Waals surface area contributed by atoms with Gasteiger partial charge in [-0.15, -0.1) is 0 Å². The number of aromatic nitrogens is 3. The molecule has 2 fully saturated rings. The lowest BCUT2D eigenvalue weighted by Gasteiger charge is -2.38. The Morgan fingerprint density at radius 1 is 1.00 bits per heavy atom. The molecule has 2 aliphatic rings. The molecule has 1 aromatic heterocycles. The molecule has 1 aromatic rings. The van der Waals surface area contributed by atoms with Crippen LogP contribution >= 0.6 is 23.5 Å². The highest BCUT2D eigenvalue weighted by molar-refractivity contribution is 8.03. The maximum Gasteiger partial charge on any atom is 0.137 e. The van der Waals surface area contributed by atoms with Crippen LogP contribution in [0.5, 0.6) is 0 Å². The Labute approximate surface area is 129 Å². The average Bonchev–Trinajstić information content (AvgIpc) is 2.86. The lowest BCUT2D eigenvalue weighted by atomic mass is 10.2. The molecule has 0 radical (unpaired) electrons. The van der Waals surface area contributed by atoms with Crippen LogP contribution in [0, 0.1) is 0 Å². The van der Waals surface area contributed by atoms with E-state index in [1.165, 1.54) is 49.2 Å². The fourth-order valence-electron chi connectivity index (χ4n) is 2.76. The third-order valence-corrected chi connectivity index (χ3v) is 6.51. The van der Waals surface area contributed by atoms with Gasteiger partial charge >= 0.3 is 0 Å². The predicted molar refractivity (Wildman–Crippen MR) is 86.5 cm³/mol. The van der Waals surface area contributed by atoms with Gasteiger partial charge in [0.05, 0.1) is 6.54 Å². The van der Waals surface area contributed by atoms with Gasteiger partial charge in [-0.2, -0.15) is 28.6 Å². The molecule has 3 rings (SSSR count). The molecule has 0 N–H and O–H groups in total. The van der Waals surface area contributed by atoms with E-state index in [-0.39, 0.29) is 0 Å². The number of nitrogens with zero attached hydrogens (tertiary/aromatic N) is 5. The fraction of sp³-hybridized carbons (Fsp3) is 0.846. The molecular weight excluding hydrogens is 290 g/mol. The van der Waals surface area contributed by atoms with Crippen molar-refractivity contribution in [3.05, 3.63) is 12.7 Å². The van der Waals surface area contributed by atoms with Crippen LogP contribution in [0.15, 0.2) is 12.7 Å². The van der Waals surface area contributed by atoms with Crippen LogP contribution in [0.25, 0.3) is 0 Å². The third-order valence-electron chi connectivity index (χ3n) is 4.03. The van der Waals surface area contributed by atoms with Gasteiger partial charge in [0, 0.05) is 61.8 Å². The summed E-state index contributed by atoms with van der Waals surface area (Å²) in [6.07, 6.45) is 3.41. The van der Waals surface area contributed by atoms with Crippen molar-refractivity contribution >= 4 is 23.5 Å². The molecule has 0 aromatic carbocycles. The fourth-order valence-corrected chi connectivity index (χ4v) is 5.39. The number of hydrogen-bond acceptors (Lipinski definition) is 6. The third kappa shape index (κ3) is 4.13. The molecule has 0 spiro atoms. The van der Waals surface area contributed by atoms with Crippen molar-refractivity contribution in [3.63, 3.8) is 0 Å². The SMILES string of the molecule is c1ncn(CCN2CCN(C3CSCCSC3)CC2)n1. The van der Waals surface area contributed by atoms with Gasteiger partial charge in [-0.05, 0) is 0 Å². The Kier molecular flexibility index (Phi) is 5.64. The average molecular weight is 313 g/mol. The first-order valence-electron chi connectivity index (χ1n) is 7.36. The Morgan fingerprint density at radius 2 is 1.75 bits per heavy atom. The topological polar surface area (TPSA) is 37.2 Å². The standard InChI is InChI=1S/C13H23N5S2/c1-4-17(13-9-19-7-8-20-10-13)5-2-16(1)3-6-18-12-14-11-15-18/h11-13H,1-10H2. The number of hydrogen-bond donors (Lipinski definition) is 0. The van der Waals surface area contributed by atoms with E-state index < -0.39 is 0 Å². The highest BCUT2D eigenvalue weighted by Crippen LogP contribution is 2.21. The van der Waals surface area contributed by atoms with Crippen LogP contribution in [0.2, 0.25) is 0 Å². The molecule has 0 bridgehead atoms. The van der Waals surface area contributed by atoms with Crippen LogP contribution in [-0.2, 0) is 6.54 Å². The van der Waals surface area contributed by atoms with Crippen molar-refractivity contribution in [3.8, 4) is 0 Å².